The SMILES string of the molecule is C=CCCC(=O)OC[C@@H](Cc1ccccc1)NC(=O)[C@H](CC=C)CC(=O)N[C@@H](CO)Cc1ccccc1. The molecule has 198 valence electrons. The van der Waals surface area contributed by atoms with Crippen molar-refractivity contribution in [3.63, 3.8) is 0 Å². The lowest BCUT2D eigenvalue weighted by atomic mass is 9.98. The zero-order chi connectivity index (χ0) is 26.9. The van der Waals surface area contributed by atoms with E-state index in [9.17, 15) is 19.5 Å². The first kappa shape index (κ1) is 29.5. The molecule has 0 aromatic heterocycles. The van der Waals surface area contributed by atoms with E-state index in [0.717, 1.165) is 11.1 Å². The summed E-state index contributed by atoms with van der Waals surface area (Å²) < 4.78 is 5.40. The number of carbonyl (C=O) groups excluding carboxylic acids is 3. The molecular formula is C30H38N2O5. The Balaban J connectivity index is 2.01. The molecule has 0 spiro atoms. The number of rotatable bonds is 17. The number of hydrogen-bond donors (Lipinski definition) is 3. The van der Waals surface area contributed by atoms with Crippen molar-refractivity contribution >= 4 is 17.8 Å². The van der Waals surface area contributed by atoms with Gasteiger partial charge in [0.15, 0.2) is 0 Å². The average molecular weight is 507 g/mol. The molecule has 2 rings (SSSR count). The van der Waals surface area contributed by atoms with Crippen LogP contribution in [0, 0.1) is 5.92 Å². The molecule has 0 fully saturated rings. The monoisotopic (exact) mass is 506 g/mol. The number of aliphatic hydroxyl groups excluding tert-OH is 1. The zero-order valence-corrected chi connectivity index (χ0v) is 21.3. The molecule has 0 aliphatic carbocycles. The van der Waals surface area contributed by atoms with Gasteiger partial charge in [-0.25, -0.2) is 0 Å². The first-order chi connectivity index (χ1) is 17.9. The first-order valence-corrected chi connectivity index (χ1v) is 12.6. The number of amides is 2. The number of aliphatic hydroxyl groups is 1. The van der Waals surface area contributed by atoms with Crippen LogP contribution in [-0.4, -0.2) is 48.2 Å². The second-order valence-electron chi connectivity index (χ2n) is 8.97. The fourth-order valence-corrected chi connectivity index (χ4v) is 3.91. The molecule has 2 amide bonds. The maximum Gasteiger partial charge on any atom is 0.306 e. The third kappa shape index (κ3) is 11.7. The van der Waals surface area contributed by atoms with Crippen LogP contribution in [0.5, 0.6) is 0 Å². The summed E-state index contributed by atoms with van der Waals surface area (Å²) in [5.74, 6) is -1.65. The molecule has 2 aromatic carbocycles. The van der Waals surface area contributed by atoms with E-state index in [1.165, 1.54) is 0 Å². The molecule has 0 radical (unpaired) electrons. The van der Waals surface area contributed by atoms with Gasteiger partial charge in [0.2, 0.25) is 11.8 Å². The molecule has 0 saturated heterocycles. The summed E-state index contributed by atoms with van der Waals surface area (Å²) in [5, 5.41) is 15.5. The average Bonchev–Trinajstić information content (AvgIpc) is 2.91. The highest BCUT2D eigenvalue weighted by atomic mass is 16.5. The lowest BCUT2D eigenvalue weighted by Gasteiger charge is -2.23. The van der Waals surface area contributed by atoms with Gasteiger partial charge in [0, 0.05) is 12.8 Å². The maximum atomic E-state index is 13.2. The van der Waals surface area contributed by atoms with Crippen LogP contribution < -0.4 is 10.6 Å². The molecule has 0 heterocycles. The van der Waals surface area contributed by atoms with E-state index < -0.39 is 18.0 Å². The Morgan fingerprint density at radius 3 is 2.00 bits per heavy atom. The fraction of sp³-hybridized carbons (Fsp3) is 0.367. The molecule has 0 aliphatic heterocycles. The minimum absolute atomic E-state index is 0.0211. The van der Waals surface area contributed by atoms with Gasteiger partial charge < -0.3 is 20.5 Å². The van der Waals surface area contributed by atoms with Crippen molar-refractivity contribution < 1.29 is 24.2 Å². The summed E-state index contributed by atoms with van der Waals surface area (Å²) >= 11 is 0. The Kier molecular flexibility index (Phi) is 13.5. The predicted molar refractivity (Wildman–Crippen MR) is 145 cm³/mol. The summed E-state index contributed by atoms with van der Waals surface area (Å²) in [5.41, 5.74) is 1.98. The molecule has 7 heteroatoms. The molecule has 0 unspecified atom stereocenters. The van der Waals surface area contributed by atoms with E-state index in [1.54, 1.807) is 12.2 Å². The van der Waals surface area contributed by atoms with E-state index in [4.69, 9.17) is 4.74 Å². The standard InChI is InChI=1S/C30H38N2O5/c1-3-5-17-29(35)37-22-27(19-24-15-10-7-11-16-24)32-30(36)25(12-4-2)20-28(34)31-26(21-33)18-23-13-8-6-9-14-23/h3-4,6-11,13-16,25-27,33H,1-2,5,12,17-22H2,(H,31,34)(H,32,36)/t25-,26-,27-/m1/s1. The highest BCUT2D eigenvalue weighted by Gasteiger charge is 2.25. The van der Waals surface area contributed by atoms with Gasteiger partial charge in [-0.3, -0.25) is 14.4 Å². The molecule has 0 aliphatic rings. The van der Waals surface area contributed by atoms with Crippen LogP contribution in [0.2, 0.25) is 0 Å². The van der Waals surface area contributed by atoms with Gasteiger partial charge in [-0.15, -0.1) is 13.2 Å². The third-order valence-electron chi connectivity index (χ3n) is 5.83. The van der Waals surface area contributed by atoms with E-state index >= 15 is 0 Å². The zero-order valence-electron chi connectivity index (χ0n) is 21.3. The van der Waals surface area contributed by atoms with Crippen molar-refractivity contribution in [1.29, 1.82) is 0 Å². The molecule has 2 aromatic rings. The molecule has 0 saturated carbocycles. The maximum absolute atomic E-state index is 13.2. The lowest BCUT2D eigenvalue weighted by molar-refractivity contribution is -0.145. The predicted octanol–water partition coefficient (Wildman–Crippen LogP) is 3.53. The molecule has 0 bridgehead atoms. The van der Waals surface area contributed by atoms with Crippen molar-refractivity contribution in [1.82, 2.24) is 10.6 Å². The Morgan fingerprint density at radius 1 is 0.865 bits per heavy atom. The van der Waals surface area contributed by atoms with Crippen molar-refractivity contribution in [2.24, 2.45) is 5.92 Å². The second kappa shape index (κ2) is 16.9. The van der Waals surface area contributed by atoms with Crippen LogP contribution in [-0.2, 0) is 32.0 Å². The summed E-state index contributed by atoms with van der Waals surface area (Å²) in [7, 11) is 0. The molecule has 37 heavy (non-hydrogen) atoms. The lowest BCUT2D eigenvalue weighted by Crippen LogP contribution is -2.45. The van der Waals surface area contributed by atoms with Crippen LogP contribution >= 0.6 is 0 Å². The highest BCUT2D eigenvalue weighted by Crippen LogP contribution is 2.13. The molecule has 7 nitrogen and oxygen atoms in total. The molecule has 3 N–H and O–H groups in total. The third-order valence-corrected chi connectivity index (χ3v) is 5.83. The van der Waals surface area contributed by atoms with Crippen LogP contribution in [0.1, 0.15) is 36.8 Å². The van der Waals surface area contributed by atoms with Crippen LogP contribution in [0.15, 0.2) is 86.0 Å². The highest BCUT2D eigenvalue weighted by molar-refractivity contribution is 5.86. The first-order valence-electron chi connectivity index (χ1n) is 12.6. The smallest absolute Gasteiger partial charge is 0.306 e. The van der Waals surface area contributed by atoms with Crippen molar-refractivity contribution in [3.8, 4) is 0 Å². The van der Waals surface area contributed by atoms with Gasteiger partial charge in [0.25, 0.3) is 0 Å². The molecule has 3 atom stereocenters. The largest absolute Gasteiger partial charge is 0.463 e. The molecular weight excluding hydrogens is 468 g/mol. The van der Waals surface area contributed by atoms with Crippen LogP contribution in [0.4, 0.5) is 0 Å². The Labute approximate surface area is 219 Å². The van der Waals surface area contributed by atoms with Gasteiger partial charge in [0.05, 0.1) is 24.6 Å². The number of allylic oxidation sites excluding steroid dienone is 2. The quantitative estimate of drug-likeness (QED) is 0.225. The number of ether oxygens (including phenoxy) is 1. The Morgan fingerprint density at radius 2 is 1.46 bits per heavy atom. The van der Waals surface area contributed by atoms with Crippen molar-refractivity contribution in [2.75, 3.05) is 13.2 Å². The number of carbonyl (C=O) groups is 3. The van der Waals surface area contributed by atoms with E-state index in [0.29, 0.717) is 25.7 Å². The van der Waals surface area contributed by atoms with Crippen LogP contribution in [0.3, 0.4) is 0 Å². The van der Waals surface area contributed by atoms with Gasteiger partial charge >= 0.3 is 5.97 Å². The van der Waals surface area contributed by atoms with Gasteiger partial charge in [-0.1, -0.05) is 72.8 Å². The topological polar surface area (TPSA) is 105 Å². The fourth-order valence-electron chi connectivity index (χ4n) is 3.91. The normalized spacial score (nSPS) is 13.0. The summed E-state index contributed by atoms with van der Waals surface area (Å²) in [6.07, 6.45) is 5.20. The Bertz CT molecular complexity index is 994. The number of nitrogens with one attached hydrogen (secondary N) is 2. The van der Waals surface area contributed by atoms with E-state index in [-0.39, 0.29) is 43.8 Å². The van der Waals surface area contributed by atoms with Crippen LogP contribution in [0.25, 0.3) is 0 Å². The summed E-state index contributed by atoms with van der Waals surface area (Å²) in [6.45, 7) is 7.15. The number of benzene rings is 2. The number of esters is 1. The number of hydrogen-bond acceptors (Lipinski definition) is 5. The van der Waals surface area contributed by atoms with E-state index in [2.05, 4.69) is 23.8 Å². The van der Waals surface area contributed by atoms with Gasteiger partial charge in [-0.2, -0.15) is 0 Å². The van der Waals surface area contributed by atoms with Crippen molar-refractivity contribution in [3.05, 3.63) is 97.1 Å². The van der Waals surface area contributed by atoms with Crippen molar-refractivity contribution in [2.45, 2.75) is 50.6 Å². The second-order valence-corrected chi connectivity index (χ2v) is 8.97. The summed E-state index contributed by atoms with van der Waals surface area (Å²) in [6, 6.07) is 18.3. The summed E-state index contributed by atoms with van der Waals surface area (Å²) in [4.78, 5) is 38.0. The van der Waals surface area contributed by atoms with Gasteiger partial charge in [-0.05, 0) is 36.8 Å². The minimum Gasteiger partial charge on any atom is -0.463 e. The minimum atomic E-state index is -0.650. The Hall–Kier alpha value is -3.71. The van der Waals surface area contributed by atoms with Gasteiger partial charge in [0.1, 0.15) is 6.61 Å². The van der Waals surface area contributed by atoms with E-state index in [1.807, 2.05) is 60.7 Å².